The highest BCUT2D eigenvalue weighted by molar-refractivity contribution is 8.14. The summed E-state index contributed by atoms with van der Waals surface area (Å²) in [6.45, 7) is 6.83. The van der Waals surface area contributed by atoms with Crippen LogP contribution in [0.25, 0.3) is 0 Å². The summed E-state index contributed by atoms with van der Waals surface area (Å²) >= 11 is 1.67. The van der Waals surface area contributed by atoms with Crippen LogP contribution in [0.3, 0.4) is 0 Å². The van der Waals surface area contributed by atoms with Gasteiger partial charge in [-0.05, 0) is 19.8 Å². The molecule has 0 aromatic heterocycles. The monoisotopic (exact) mass is 258 g/mol. The third-order valence-electron chi connectivity index (χ3n) is 2.83. The second-order valence-electron chi connectivity index (χ2n) is 4.29. The maximum atomic E-state index is 11.4. The van der Waals surface area contributed by atoms with Crippen LogP contribution in [0.15, 0.2) is 0 Å². The van der Waals surface area contributed by atoms with E-state index in [2.05, 4.69) is 11.5 Å². The molecule has 98 valence electrons. The molecule has 0 saturated carbocycles. The summed E-state index contributed by atoms with van der Waals surface area (Å²) in [7, 11) is 0. The van der Waals surface area contributed by atoms with Gasteiger partial charge in [0.25, 0.3) is 0 Å². The lowest BCUT2D eigenvalue weighted by atomic mass is 10.1. The van der Waals surface area contributed by atoms with E-state index in [-0.39, 0.29) is 5.97 Å². The molecule has 0 atom stereocenters. The van der Waals surface area contributed by atoms with Gasteiger partial charge >= 0.3 is 5.97 Å². The molecule has 3 nitrogen and oxygen atoms in total. The number of hydrogen-bond acceptors (Lipinski definition) is 3. The van der Waals surface area contributed by atoms with Gasteiger partial charge in [0.05, 0.1) is 6.61 Å². The van der Waals surface area contributed by atoms with Crippen LogP contribution in [0, 0.1) is 0 Å². The first-order chi connectivity index (χ1) is 8.27. The molecule has 0 unspecified atom stereocenters. The van der Waals surface area contributed by atoms with E-state index in [0.29, 0.717) is 12.4 Å². The summed E-state index contributed by atoms with van der Waals surface area (Å²) in [4.78, 5) is 11.4. The summed E-state index contributed by atoms with van der Waals surface area (Å²) in [6, 6.07) is 0. The van der Waals surface area contributed by atoms with Crippen LogP contribution < -0.4 is 0 Å². The minimum atomic E-state index is -0.0943. The number of esters is 1. The van der Waals surface area contributed by atoms with Gasteiger partial charge in [0.2, 0.25) is 5.04 Å². The minimum absolute atomic E-state index is 0.0943. The quantitative estimate of drug-likeness (QED) is 0.431. The van der Waals surface area contributed by atoms with Crippen molar-refractivity contribution in [3.05, 3.63) is 0 Å². The minimum Gasteiger partial charge on any atom is -0.465 e. The molecular weight excluding hydrogens is 234 g/mol. The Kier molecular flexibility index (Phi) is 7.33. The van der Waals surface area contributed by atoms with Crippen molar-refractivity contribution in [2.75, 3.05) is 25.4 Å². The lowest BCUT2D eigenvalue weighted by Gasteiger charge is -2.13. The summed E-state index contributed by atoms with van der Waals surface area (Å²) in [5.41, 5.74) is 0. The molecule has 1 aliphatic heterocycles. The van der Waals surface area contributed by atoms with Crippen LogP contribution in [0.4, 0.5) is 0 Å². The van der Waals surface area contributed by atoms with E-state index in [9.17, 15) is 4.79 Å². The van der Waals surface area contributed by atoms with Crippen LogP contribution in [-0.4, -0.2) is 41.0 Å². The first-order valence-corrected chi connectivity index (χ1v) is 7.65. The summed E-state index contributed by atoms with van der Waals surface area (Å²) in [5.74, 6) is 0.364. The normalized spacial score (nSPS) is 15.8. The Labute approximate surface area is 109 Å². The second-order valence-corrected chi connectivity index (χ2v) is 5.33. The lowest BCUT2D eigenvalue weighted by molar-refractivity contribution is -0.535. The topological polar surface area (TPSA) is 29.3 Å². The molecule has 17 heavy (non-hydrogen) atoms. The molecule has 0 aromatic carbocycles. The molecule has 0 amide bonds. The number of carbonyl (C=O) groups excluding carboxylic acids is 1. The molecule has 1 heterocycles. The van der Waals surface area contributed by atoms with E-state index in [0.717, 1.165) is 25.9 Å². The van der Waals surface area contributed by atoms with Gasteiger partial charge in [-0.3, -0.25) is 4.79 Å². The predicted octanol–water partition coefficient (Wildman–Crippen LogP) is 2.68. The van der Waals surface area contributed by atoms with E-state index in [1.54, 1.807) is 11.8 Å². The molecule has 0 aliphatic carbocycles. The van der Waals surface area contributed by atoms with Crippen molar-refractivity contribution in [3.63, 3.8) is 0 Å². The molecule has 0 N–H and O–H groups in total. The van der Waals surface area contributed by atoms with Gasteiger partial charge in [-0.15, -0.1) is 0 Å². The number of carbonyl (C=O) groups is 1. The molecule has 0 bridgehead atoms. The van der Waals surface area contributed by atoms with Crippen molar-refractivity contribution < 1.29 is 14.1 Å². The Morgan fingerprint density at radius 2 is 1.94 bits per heavy atom. The number of piperidine rings is 1. The van der Waals surface area contributed by atoms with E-state index >= 15 is 0 Å². The van der Waals surface area contributed by atoms with Gasteiger partial charge in [0.15, 0.2) is 0 Å². The maximum Gasteiger partial charge on any atom is 0.316 e. The SMILES string of the molecule is CCCC(SCC(=O)OCC)=[N+]1CCCCC1. The zero-order chi connectivity index (χ0) is 12.5. The van der Waals surface area contributed by atoms with Gasteiger partial charge in [-0.1, -0.05) is 18.7 Å². The molecule has 4 heteroatoms. The zero-order valence-corrected chi connectivity index (χ0v) is 11.9. The number of ether oxygens (including phenoxy) is 1. The van der Waals surface area contributed by atoms with Crippen molar-refractivity contribution >= 4 is 22.8 Å². The second kappa shape index (κ2) is 8.56. The fraction of sp³-hybridized carbons (Fsp3) is 0.846. The van der Waals surface area contributed by atoms with Crippen LogP contribution in [0.5, 0.6) is 0 Å². The highest BCUT2D eigenvalue weighted by atomic mass is 32.2. The van der Waals surface area contributed by atoms with Crippen molar-refractivity contribution in [2.45, 2.75) is 46.0 Å². The number of thioether (sulfide) groups is 1. The molecule has 1 aliphatic rings. The van der Waals surface area contributed by atoms with Crippen molar-refractivity contribution in [1.82, 2.24) is 0 Å². The number of rotatable bonds is 5. The fourth-order valence-electron chi connectivity index (χ4n) is 2.02. The standard InChI is InChI=1S/C13H24NO2S/c1-3-8-12(14-9-6-5-7-10-14)17-11-13(15)16-4-2/h3-11H2,1-2H3/q+1. The molecule has 1 fully saturated rings. The zero-order valence-electron chi connectivity index (χ0n) is 11.0. The highest BCUT2D eigenvalue weighted by Gasteiger charge is 2.19. The first-order valence-electron chi connectivity index (χ1n) is 6.67. The smallest absolute Gasteiger partial charge is 0.316 e. The summed E-state index contributed by atoms with van der Waals surface area (Å²) in [6.07, 6.45) is 6.14. The average Bonchev–Trinajstić information content (AvgIpc) is 2.36. The Hall–Kier alpha value is -0.510. The average molecular weight is 258 g/mol. The predicted molar refractivity (Wildman–Crippen MR) is 72.9 cm³/mol. The molecule has 1 saturated heterocycles. The maximum absolute atomic E-state index is 11.4. The van der Waals surface area contributed by atoms with Gasteiger partial charge in [0, 0.05) is 19.3 Å². The molecule has 0 aromatic rings. The highest BCUT2D eigenvalue weighted by Crippen LogP contribution is 2.14. The lowest BCUT2D eigenvalue weighted by Crippen LogP contribution is -2.26. The van der Waals surface area contributed by atoms with Gasteiger partial charge in [0.1, 0.15) is 18.8 Å². The Bertz CT molecular complexity index is 269. The van der Waals surface area contributed by atoms with Crippen LogP contribution >= 0.6 is 11.8 Å². The van der Waals surface area contributed by atoms with E-state index in [1.165, 1.54) is 24.3 Å². The number of hydrogen-bond donors (Lipinski definition) is 0. The van der Waals surface area contributed by atoms with Crippen LogP contribution in [-0.2, 0) is 9.53 Å². The van der Waals surface area contributed by atoms with E-state index in [1.807, 2.05) is 6.92 Å². The molecule has 0 spiro atoms. The first kappa shape index (κ1) is 14.6. The van der Waals surface area contributed by atoms with Crippen molar-refractivity contribution in [3.8, 4) is 0 Å². The molecule has 1 rings (SSSR count). The Balaban J connectivity index is 2.49. The fourth-order valence-corrected chi connectivity index (χ4v) is 3.11. The van der Waals surface area contributed by atoms with Gasteiger partial charge in [-0.2, -0.15) is 0 Å². The summed E-state index contributed by atoms with van der Waals surface area (Å²) < 4.78 is 7.42. The van der Waals surface area contributed by atoms with Crippen LogP contribution in [0.2, 0.25) is 0 Å². The van der Waals surface area contributed by atoms with Gasteiger partial charge in [-0.25, -0.2) is 4.58 Å². The Morgan fingerprint density at radius 1 is 1.24 bits per heavy atom. The third kappa shape index (κ3) is 5.57. The third-order valence-corrected chi connectivity index (χ3v) is 4.01. The van der Waals surface area contributed by atoms with Crippen molar-refractivity contribution in [1.29, 1.82) is 0 Å². The van der Waals surface area contributed by atoms with Crippen molar-refractivity contribution in [2.24, 2.45) is 0 Å². The molecular formula is C13H24NO2S+. The van der Waals surface area contributed by atoms with Gasteiger partial charge < -0.3 is 4.74 Å². The summed E-state index contributed by atoms with van der Waals surface area (Å²) in [5, 5.41) is 1.38. The van der Waals surface area contributed by atoms with E-state index < -0.39 is 0 Å². The van der Waals surface area contributed by atoms with E-state index in [4.69, 9.17) is 4.74 Å². The van der Waals surface area contributed by atoms with Crippen LogP contribution in [0.1, 0.15) is 46.0 Å². The largest absolute Gasteiger partial charge is 0.465 e. The number of nitrogens with zero attached hydrogens (tertiary/aromatic N) is 1. The molecule has 0 radical (unpaired) electrons. The Morgan fingerprint density at radius 3 is 2.53 bits per heavy atom.